The van der Waals surface area contributed by atoms with Crippen LogP contribution in [0, 0.1) is 6.92 Å². The van der Waals surface area contributed by atoms with Crippen LogP contribution >= 0.6 is 11.6 Å². The SMILES string of the molecule is Cc1cc2c(Nc3ccc(Cl)cc3)nc(C(F)(F)F)nc2[nH]1. The first-order chi connectivity index (χ1) is 10.3. The van der Waals surface area contributed by atoms with Crippen LogP contribution in [0.3, 0.4) is 0 Å². The fourth-order valence-corrected chi connectivity index (χ4v) is 2.16. The summed E-state index contributed by atoms with van der Waals surface area (Å²) in [6, 6.07) is 8.27. The molecule has 0 bridgehead atoms. The second kappa shape index (κ2) is 5.17. The molecule has 8 heteroatoms. The molecule has 0 saturated carbocycles. The molecule has 0 radical (unpaired) electrons. The van der Waals surface area contributed by atoms with Gasteiger partial charge in [0.25, 0.3) is 0 Å². The van der Waals surface area contributed by atoms with Crippen molar-refractivity contribution in [3.8, 4) is 0 Å². The lowest BCUT2D eigenvalue weighted by atomic mass is 10.3. The maximum absolute atomic E-state index is 12.9. The molecule has 0 aliphatic heterocycles. The lowest BCUT2D eigenvalue weighted by molar-refractivity contribution is -0.144. The van der Waals surface area contributed by atoms with Crippen molar-refractivity contribution in [2.45, 2.75) is 13.1 Å². The molecule has 3 aromatic rings. The van der Waals surface area contributed by atoms with E-state index in [1.165, 1.54) is 0 Å². The van der Waals surface area contributed by atoms with Crippen LogP contribution in [0.25, 0.3) is 11.0 Å². The summed E-state index contributed by atoms with van der Waals surface area (Å²) in [4.78, 5) is 9.93. The number of aryl methyl sites for hydroxylation is 1. The van der Waals surface area contributed by atoms with Crippen molar-refractivity contribution in [2.75, 3.05) is 5.32 Å². The summed E-state index contributed by atoms with van der Waals surface area (Å²) in [5, 5.41) is 3.89. The number of fused-ring (bicyclic) bond motifs is 1. The Balaban J connectivity index is 2.11. The molecule has 0 spiro atoms. The van der Waals surface area contributed by atoms with Gasteiger partial charge in [0, 0.05) is 16.4 Å². The molecule has 2 heterocycles. The zero-order valence-corrected chi connectivity index (χ0v) is 12.0. The Hall–Kier alpha value is -2.28. The molecule has 114 valence electrons. The van der Waals surface area contributed by atoms with Crippen molar-refractivity contribution in [3.05, 3.63) is 46.9 Å². The van der Waals surface area contributed by atoms with E-state index in [0.29, 0.717) is 21.8 Å². The first-order valence-corrected chi connectivity index (χ1v) is 6.68. The molecule has 1 aromatic carbocycles. The molecule has 4 nitrogen and oxygen atoms in total. The number of halogens is 4. The third-order valence-electron chi connectivity index (χ3n) is 2.98. The van der Waals surface area contributed by atoms with Crippen molar-refractivity contribution < 1.29 is 13.2 Å². The van der Waals surface area contributed by atoms with E-state index >= 15 is 0 Å². The zero-order valence-electron chi connectivity index (χ0n) is 11.3. The summed E-state index contributed by atoms with van der Waals surface area (Å²) in [6.45, 7) is 1.74. The Labute approximate surface area is 128 Å². The smallest absolute Gasteiger partial charge is 0.343 e. The van der Waals surface area contributed by atoms with Crippen molar-refractivity contribution in [1.29, 1.82) is 0 Å². The minimum absolute atomic E-state index is 0.0870. The third kappa shape index (κ3) is 2.85. The van der Waals surface area contributed by atoms with Gasteiger partial charge in [-0.2, -0.15) is 13.2 Å². The zero-order chi connectivity index (χ0) is 15.9. The van der Waals surface area contributed by atoms with Crippen LogP contribution in [0.5, 0.6) is 0 Å². The Kier molecular flexibility index (Phi) is 3.44. The van der Waals surface area contributed by atoms with Crippen molar-refractivity contribution >= 4 is 34.1 Å². The van der Waals surface area contributed by atoms with Gasteiger partial charge in [-0.15, -0.1) is 0 Å². The number of alkyl halides is 3. The molecule has 0 saturated heterocycles. The minimum Gasteiger partial charge on any atom is -0.343 e. The minimum atomic E-state index is -4.62. The number of hydrogen-bond donors (Lipinski definition) is 2. The van der Waals surface area contributed by atoms with Crippen molar-refractivity contribution in [1.82, 2.24) is 15.0 Å². The van der Waals surface area contributed by atoms with Crippen LogP contribution in [0.15, 0.2) is 30.3 Å². The Morgan fingerprint density at radius 1 is 1.14 bits per heavy atom. The largest absolute Gasteiger partial charge is 0.451 e. The third-order valence-corrected chi connectivity index (χ3v) is 3.23. The van der Waals surface area contributed by atoms with E-state index in [9.17, 15) is 13.2 Å². The van der Waals surface area contributed by atoms with Crippen LogP contribution in [0.1, 0.15) is 11.5 Å². The molecule has 0 aliphatic rings. The number of benzene rings is 1. The number of anilines is 2. The first-order valence-electron chi connectivity index (χ1n) is 6.30. The van der Waals surface area contributed by atoms with E-state index in [4.69, 9.17) is 11.6 Å². The number of rotatable bonds is 2. The van der Waals surface area contributed by atoms with E-state index in [1.807, 2.05) is 0 Å². The number of aromatic nitrogens is 3. The standard InChI is InChI=1S/C14H10ClF3N4/c1-7-6-10-11(19-7)21-13(14(16,17)18)22-12(10)20-9-4-2-8(15)3-5-9/h2-6H,1H3,(H2,19,20,21,22). The van der Waals surface area contributed by atoms with Gasteiger partial charge in [0.05, 0.1) is 5.39 Å². The number of nitrogens with one attached hydrogen (secondary N) is 2. The summed E-state index contributed by atoms with van der Waals surface area (Å²) in [7, 11) is 0. The van der Waals surface area contributed by atoms with E-state index < -0.39 is 12.0 Å². The predicted molar refractivity (Wildman–Crippen MR) is 78.4 cm³/mol. The van der Waals surface area contributed by atoms with Gasteiger partial charge >= 0.3 is 6.18 Å². The van der Waals surface area contributed by atoms with Crippen LogP contribution in [0.4, 0.5) is 24.7 Å². The highest BCUT2D eigenvalue weighted by Crippen LogP contribution is 2.31. The average Bonchev–Trinajstić information content (AvgIpc) is 2.81. The Morgan fingerprint density at radius 3 is 2.45 bits per heavy atom. The van der Waals surface area contributed by atoms with Crippen LogP contribution in [0.2, 0.25) is 5.02 Å². The lowest BCUT2D eigenvalue weighted by Gasteiger charge is -2.10. The quantitative estimate of drug-likeness (QED) is 0.718. The summed E-state index contributed by atoms with van der Waals surface area (Å²) in [6.07, 6.45) is -4.62. The average molecular weight is 327 g/mol. The fraction of sp³-hybridized carbons (Fsp3) is 0.143. The molecule has 0 amide bonds. The molecule has 22 heavy (non-hydrogen) atoms. The highest BCUT2D eigenvalue weighted by atomic mass is 35.5. The molecule has 0 atom stereocenters. The van der Waals surface area contributed by atoms with Gasteiger partial charge in [-0.05, 0) is 37.3 Å². The molecule has 0 unspecified atom stereocenters. The van der Waals surface area contributed by atoms with E-state index in [1.54, 1.807) is 37.3 Å². The molecule has 2 aromatic heterocycles. The predicted octanol–water partition coefficient (Wildman–Crippen LogP) is 4.68. The molecule has 0 fully saturated rings. The summed E-state index contributed by atoms with van der Waals surface area (Å²) in [5.41, 5.74) is 1.41. The summed E-state index contributed by atoms with van der Waals surface area (Å²) in [5.74, 6) is -1.11. The van der Waals surface area contributed by atoms with Crippen LogP contribution in [-0.4, -0.2) is 15.0 Å². The first kappa shape index (κ1) is 14.6. The number of H-pyrrole nitrogens is 1. The van der Waals surface area contributed by atoms with Gasteiger partial charge in [-0.25, -0.2) is 9.97 Å². The number of nitrogens with zero attached hydrogens (tertiary/aromatic N) is 2. The second-order valence-electron chi connectivity index (χ2n) is 4.74. The van der Waals surface area contributed by atoms with Gasteiger partial charge in [-0.3, -0.25) is 0 Å². The van der Waals surface area contributed by atoms with Gasteiger partial charge in [0.1, 0.15) is 11.5 Å². The summed E-state index contributed by atoms with van der Waals surface area (Å²) < 4.78 is 38.7. The highest BCUT2D eigenvalue weighted by Gasteiger charge is 2.35. The maximum atomic E-state index is 12.9. The molecular weight excluding hydrogens is 317 g/mol. The number of hydrogen-bond acceptors (Lipinski definition) is 3. The van der Waals surface area contributed by atoms with Gasteiger partial charge in [0.15, 0.2) is 0 Å². The second-order valence-corrected chi connectivity index (χ2v) is 5.18. The Morgan fingerprint density at radius 2 is 1.82 bits per heavy atom. The highest BCUT2D eigenvalue weighted by molar-refractivity contribution is 6.30. The maximum Gasteiger partial charge on any atom is 0.451 e. The molecule has 2 N–H and O–H groups in total. The van der Waals surface area contributed by atoms with Crippen LogP contribution in [-0.2, 0) is 6.18 Å². The molecule has 3 rings (SSSR count). The fourth-order valence-electron chi connectivity index (χ4n) is 2.03. The monoisotopic (exact) mass is 326 g/mol. The summed E-state index contributed by atoms with van der Waals surface area (Å²) >= 11 is 5.79. The lowest BCUT2D eigenvalue weighted by Crippen LogP contribution is -2.12. The topological polar surface area (TPSA) is 53.6 Å². The van der Waals surface area contributed by atoms with Crippen LogP contribution < -0.4 is 5.32 Å². The Bertz CT molecular complexity index is 824. The van der Waals surface area contributed by atoms with E-state index in [-0.39, 0.29) is 11.5 Å². The molecular formula is C14H10ClF3N4. The molecule has 0 aliphatic carbocycles. The van der Waals surface area contributed by atoms with Gasteiger partial charge in [-0.1, -0.05) is 11.6 Å². The number of aromatic amines is 1. The van der Waals surface area contributed by atoms with Crippen molar-refractivity contribution in [3.63, 3.8) is 0 Å². The van der Waals surface area contributed by atoms with Crippen molar-refractivity contribution in [2.24, 2.45) is 0 Å². The van der Waals surface area contributed by atoms with E-state index in [0.717, 1.165) is 0 Å². The normalized spacial score (nSPS) is 11.9. The van der Waals surface area contributed by atoms with E-state index in [2.05, 4.69) is 20.3 Å². The van der Waals surface area contributed by atoms with Gasteiger partial charge < -0.3 is 10.3 Å². The van der Waals surface area contributed by atoms with Gasteiger partial charge in [0.2, 0.25) is 5.82 Å².